The molecular formula is C17H25ClN2O2. The summed E-state index contributed by atoms with van der Waals surface area (Å²) >= 11 is 6.09. The number of aryl methyl sites for hydroxylation is 1. The quantitative estimate of drug-likeness (QED) is 0.869. The van der Waals surface area contributed by atoms with Crippen molar-refractivity contribution in [1.29, 1.82) is 0 Å². The predicted octanol–water partition coefficient (Wildman–Crippen LogP) is 3.62. The minimum absolute atomic E-state index is 0.0334. The molecule has 0 bridgehead atoms. The number of hydrogen-bond donors (Lipinski definition) is 2. The Morgan fingerprint density at radius 2 is 2.14 bits per heavy atom. The topological polar surface area (TPSA) is 50.4 Å². The number of hydrogen-bond acceptors (Lipinski definition) is 3. The van der Waals surface area contributed by atoms with Crippen LogP contribution in [0.5, 0.6) is 5.75 Å². The summed E-state index contributed by atoms with van der Waals surface area (Å²) in [4.78, 5) is 12.3. The first kappa shape index (κ1) is 17.1. The Morgan fingerprint density at radius 1 is 1.45 bits per heavy atom. The molecule has 0 saturated carbocycles. The molecule has 1 aromatic rings. The van der Waals surface area contributed by atoms with E-state index in [4.69, 9.17) is 16.3 Å². The third-order valence-corrected chi connectivity index (χ3v) is 4.86. The van der Waals surface area contributed by atoms with Gasteiger partial charge in [0.1, 0.15) is 5.75 Å². The van der Waals surface area contributed by atoms with Gasteiger partial charge in [0.05, 0.1) is 12.8 Å². The maximum atomic E-state index is 12.3. The second-order valence-electron chi connectivity index (χ2n) is 6.12. The third-order valence-electron chi connectivity index (χ3n) is 4.45. The summed E-state index contributed by atoms with van der Waals surface area (Å²) in [6.45, 7) is 6.19. The number of carbonyl (C=O) groups excluding carboxylic acids is 1. The van der Waals surface area contributed by atoms with E-state index in [0.717, 1.165) is 31.5 Å². The van der Waals surface area contributed by atoms with Crippen LogP contribution in [0.1, 0.15) is 31.7 Å². The van der Waals surface area contributed by atoms with E-state index in [1.807, 2.05) is 13.0 Å². The van der Waals surface area contributed by atoms with E-state index in [9.17, 15) is 4.79 Å². The fraction of sp³-hybridized carbons (Fsp3) is 0.588. The molecule has 1 aliphatic rings. The SMILES string of the molecule is COc1cc(Cl)c(C)cc1NC(=O)CC(C)C1CCNCC1. The second kappa shape index (κ2) is 7.84. The highest BCUT2D eigenvalue weighted by Crippen LogP contribution is 2.31. The van der Waals surface area contributed by atoms with Crippen molar-refractivity contribution >= 4 is 23.2 Å². The largest absolute Gasteiger partial charge is 0.495 e. The van der Waals surface area contributed by atoms with Gasteiger partial charge in [-0.3, -0.25) is 4.79 Å². The number of amides is 1. The molecule has 22 heavy (non-hydrogen) atoms. The molecule has 5 heteroatoms. The van der Waals surface area contributed by atoms with Crippen molar-refractivity contribution in [3.05, 3.63) is 22.7 Å². The van der Waals surface area contributed by atoms with Gasteiger partial charge >= 0.3 is 0 Å². The van der Waals surface area contributed by atoms with E-state index in [1.54, 1.807) is 13.2 Å². The number of nitrogens with one attached hydrogen (secondary N) is 2. The summed E-state index contributed by atoms with van der Waals surface area (Å²) in [5.41, 5.74) is 1.61. The van der Waals surface area contributed by atoms with E-state index >= 15 is 0 Å². The first-order valence-corrected chi connectivity index (χ1v) is 8.23. The lowest BCUT2D eigenvalue weighted by Crippen LogP contribution is -2.32. The van der Waals surface area contributed by atoms with Gasteiger partial charge in [-0.15, -0.1) is 0 Å². The van der Waals surface area contributed by atoms with E-state index in [0.29, 0.717) is 34.7 Å². The highest BCUT2D eigenvalue weighted by atomic mass is 35.5. The third kappa shape index (κ3) is 4.37. The fourth-order valence-corrected chi connectivity index (χ4v) is 3.16. The number of carbonyl (C=O) groups is 1. The van der Waals surface area contributed by atoms with E-state index in [-0.39, 0.29) is 5.91 Å². The smallest absolute Gasteiger partial charge is 0.224 e. The lowest BCUT2D eigenvalue weighted by molar-refractivity contribution is -0.117. The lowest BCUT2D eigenvalue weighted by atomic mass is 9.84. The number of methoxy groups -OCH3 is 1. The van der Waals surface area contributed by atoms with Crippen LogP contribution >= 0.6 is 11.6 Å². The maximum absolute atomic E-state index is 12.3. The van der Waals surface area contributed by atoms with Gasteiger partial charge in [0.2, 0.25) is 5.91 Å². The molecule has 1 fully saturated rings. The van der Waals surface area contributed by atoms with Gasteiger partial charge in [0, 0.05) is 17.5 Å². The second-order valence-corrected chi connectivity index (χ2v) is 6.53. The van der Waals surface area contributed by atoms with E-state index in [1.165, 1.54) is 0 Å². The molecule has 4 nitrogen and oxygen atoms in total. The number of rotatable bonds is 5. The van der Waals surface area contributed by atoms with Gasteiger partial charge in [-0.2, -0.15) is 0 Å². The molecule has 1 aromatic carbocycles. The number of piperidine rings is 1. The molecule has 0 spiro atoms. The van der Waals surface area contributed by atoms with Gasteiger partial charge in [0.15, 0.2) is 0 Å². The summed E-state index contributed by atoms with van der Waals surface area (Å²) in [5.74, 6) is 1.65. The summed E-state index contributed by atoms with van der Waals surface area (Å²) in [6, 6.07) is 3.59. The van der Waals surface area contributed by atoms with Crippen LogP contribution < -0.4 is 15.4 Å². The number of anilines is 1. The highest BCUT2D eigenvalue weighted by Gasteiger charge is 2.22. The van der Waals surface area contributed by atoms with Crippen molar-refractivity contribution in [2.75, 3.05) is 25.5 Å². The molecule has 0 aromatic heterocycles. The van der Waals surface area contributed by atoms with Crippen LogP contribution in [0, 0.1) is 18.8 Å². The Kier molecular flexibility index (Phi) is 6.09. The normalized spacial score (nSPS) is 17.1. The van der Waals surface area contributed by atoms with Crippen LogP contribution in [-0.2, 0) is 4.79 Å². The Balaban J connectivity index is 1.98. The molecule has 1 saturated heterocycles. The minimum Gasteiger partial charge on any atom is -0.495 e. The molecule has 2 N–H and O–H groups in total. The molecule has 0 aliphatic carbocycles. The van der Waals surface area contributed by atoms with Crippen LogP contribution in [-0.4, -0.2) is 26.1 Å². The van der Waals surface area contributed by atoms with Crippen LogP contribution in [0.3, 0.4) is 0 Å². The standard InChI is InChI=1S/C17H25ClN2O2/c1-11(13-4-6-19-7-5-13)9-17(21)20-15-8-12(2)14(18)10-16(15)22-3/h8,10-11,13,19H,4-7,9H2,1-3H3,(H,20,21). The Bertz CT molecular complexity index is 528. The van der Waals surface area contributed by atoms with Crippen LogP contribution in [0.2, 0.25) is 5.02 Å². The number of ether oxygens (including phenoxy) is 1. The molecule has 1 aliphatic heterocycles. The van der Waals surface area contributed by atoms with Gasteiger partial charge in [-0.1, -0.05) is 18.5 Å². The highest BCUT2D eigenvalue weighted by molar-refractivity contribution is 6.31. The fourth-order valence-electron chi connectivity index (χ4n) is 3.00. The zero-order chi connectivity index (χ0) is 16.1. The first-order valence-electron chi connectivity index (χ1n) is 7.86. The van der Waals surface area contributed by atoms with Gasteiger partial charge < -0.3 is 15.4 Å². The maximum Gasteiger partial charge on any atom is 0.224 e. The Morgan fingerprint density at radius 3 is 2.77 bits per heavy atom. The Labute approximate surface area is 137 Å². The predicted molar refractivity (Wildman–Crippen MR) is 90.7 cm³/mol. The van der Waals surface area contributed by atoms with Crippen molar-refractivity contribution in [3.8, 4) is 5.75 Å². The monoisotopic (exact) mass is 324 g/mol. The van der Waals surface area contributed by atoms with E-state index in [2.05, 4.69) is 17.6 Å². The number of benzene rings is 1. The summed E-state index contributed by atoms with van der Waals surface area (Å²) in [6.07, 6.45) is 2.84. The summed E-state index contributed by atoms with van der Waals surface area (Å²) in [7, 11) is 1.58. The van der Waals surface area contributed by atoms with Crippen molar-refractivity contribution < 1.29 is 9.53 Å². The number of halogens is 1. The summed E-state index contributed by atoms with van der Waals surface area (Å²) in [5, 5.41) is 6.96. The van der Waals surface area contributed by atoms with E-state index < -0.39 is 0 Å². The lowest BCUT2D eigenvalue weighted by Gasteiger charge is -2.28. The molecule has 1 atom stereocenters. The zero-order valence-corrected chi connectivity index (χ0v) is 14.3. The molecule has 1 unspecified atom stereocenters. The molecule has 0 radical (unpaired) electrons. The molecule has 122 valence electrons. The average molecular weight is 325 g/mol. The molecule has 1 amide bonds. The van der Waals surface area contributed by atoms with Gasteiger partial charge in [-0.25, -0.2) is 0 Å². The molecule has 2 rings (SSSR count). The first-order chi connectivity index (χ1) is 10.5. The average Bonchev–Trinajstić information content (AvgIpc) is 2.51. The van der Waals surface area contributed by atoms with Crippen molar-refractivity contribution in [1.82, 2.24) is 5.32 Å². The molecular weight excluding hydrogens is 300 g/mol. The summed E-state index contributed by atoms with van der Waals surface area (Å²) < 4.78 is 5.30. The van der Waals surface area contributed by atoms with Gasteiger partial charge in [0.25, 0.3) is 0 Å². The van der Waals surface area contributed by atoms with Crippen LogP contribution in [0.4, 0.5) is 5.69 Å². The molecule has 1 heterocycles. The Hall–Kier alpha value is -1.26. The van der Waals surface area contributed by atoms with Crippen LogP contribution in [0.15, 0.2) is 12.1 Å². The van der Waals surface area contributed by atoms with Crippen molar-refractivity contribution in [2.45, 2.75) is 33.1 Å². The van der Waals surface area contributed by atoms with Gasteiger partial charge in [-0.05, 0) is 56.3 Å². The van der Waals surface area contributed by atoms with Crippen molar-refractivity contribution in [2.24, 2.45) is 11.8 Å². The zero-order valence-electron chi connectivity index (χ0n) is 13.5. The van der Waals surface area contributed by atoms with Crippen LogP contribution in [0.25, 0.3) is 0 Å². The minimum atomic E-state index is 0.0334. The van der Waals surface area contributed by atoms with Crippen molar-refractivity contribution in [3.63, 3.8) is 0 Å².